The van der Waals surface area contributed by atoms with Crippen molar-refractivity contribution in [3.05, 3.63) is 35.1 Å². The number of nitrogens with two attached hydrogens (primary N) is 1. The predicted molar refractivity (Wildman–Crippen MR) is 74.9 cm³/mol. The van der Waals surface area contributed by atoms with E-state index < -0.39 is 17.8 Å². The topological polar surface area (TPSA) is 104 Å². The summed E-state index contributed by atoms with van der Waals surface area (Å²) in [7, 11) is 0. The van der Waals surface area contributed by atoms with E-state index in [1.54, 1.807) is 0 Å². The van der Waals surface area contributed by atoms with E-state index in [2.05, 4.69) is 22.5 Å². The number of nitrogens with one attached hydrogen (secondary N) is 2. The monoisotopic (exact) mass is 293 g/mol. The molecule has 0 saturated heterocycles. The Labute approximate surface area is 121 Å². The van der Waals surface area contributed by atoms with Crippen LogP contribution in [0.5, 0.6) is 0 Å². The Morgan fingerprint density at radius 3 is 2.67 bits per heavy atom. The van der Waals surface area contributed by atoms with Gasteiger partial charge in [-0.25, -0.2) is 9.18 Å². The summed E-state index contributed by atoms with van der Waals surface area (Å²) in [5.74, 6) is 4.32. The van der Waals surface area contributed by atoms with Crippen molar-refractivity contribution in [1.29, 1.82) is 0 Å². The quantitative estimate of drug-likeness (QED) is 0.452. The van der Waals surface area contributed by atoms with Crippen molar-refractivity contribution in [3.63, 3.8) is 0 Å². The highest BCUT2D eigenvalue weighted by Gasteiger charge is 2.11. The van der Waals surface area contributed by atoms with Gasteiger partial charge in [0.05, 0.1) is 12.2 Å². The minimum atomic E-state index is -0.689. The summed E-state index contributed by atoms with van der Waals surface area (Å²) in [4.78, 5) is 22.4. The molecule has 21 heavy (non-hydrogen) atoms. The van der Waals surface area contributed by atoms with Crippen molar-refractivity contribution in [3.8, 4) is 11.8 Å². The van der Waals surface area contributed by atoms with E-state index in [9.17, 15) is 14.0 Å². The molecule has 0 bridgehead atoms. The van der Waals surface area contributed by atoms with Crippen LogP contribution < -0.4 is 16.4 Å². The van der Waals surface area contributed by atoms with Crippen LogP contribution in [0.25, 0.3) is 0 Å². The Kier molecular flexibility index (Phi) is 6.71. The number of hydrogen-bond donors (Lipinski definition) is 4. The maximum Gasteiger partial charge on any atom is 0.312 e. The van der Waals surface area contributed by atoms with Crippen molar-refractivity contribution in [1.82, 2.24) is 10.6 Å². The molecule has 112 valence electrons. The van der Waals surface area contributed by atoms with E-state index in [0.29, 0.717) is 5.56 Å². The van der Waals surface area contributed by atoms with Crippen molar-refractivity contribution >= 4 is 11.9 Å². The molecule has 0 spiro atoms. The molecule has 0 atom stereocenters. The Morgan fingerprint density at radius 1 is 1.29 bits per heavy atom. The van der Waals surface area contributed by atoms with E-state index >= 15 is 0 Å². The number of hydrogen-bond acceptors (Lipinski definition) is 3. The number of halogens is 1. The second-order valence-electron chi connectivity index (χ2n) is 4.01. The van der Waals surface area contributed by atoms with E-state index in [-0.39, 0.29) is 31.7 Å². The fraction of sp³-hybridized carbons (Fsp3) is 0.286. The third kappa shape index (κ3) is 5.93. The molecule has 0 aliphatic rings. The number of rotatable bonds is 5. The van der Waals surface area contributed by atoms with Gasteiger partial charge < -0.3 is 21.5 Å². The average molecular weight is 293 g/mol. The van der Waals surface area contributed by atoms with Crippen LogP contribution in [0.3, 0.4) is 0 Å². The molecule has 0 fully saturated rings. The van der Waals surface area contributed by atoms with Crippen LogP contribution in [0.2, 0.25) is 0 Å². The van der Waals surface area contributed by atoms with Gasteiger partial charge in [-0.1, -0.05) is 11.8 Å². The summed E-state index contributed by atoms with van der Waals surface area (Å²) >= 11 is 0. The number of carbonyl (C=O) groups is 2. The van der Waals surface area contributed by atoms with Gasteiger partial charge >= 0.3 is 6.03 Å². The molecule has 7 heteroatoms. The molecule has 6 nitrogen and oxygen atoms in total. The highest BCUT2D eigenvalue weighted by Crippen LogP contribution is 2.10. The third-order valence-electron chi connectivity index (χ3n) is 2.40. The van der Waals surface area contributed by atoms with E-state index in [0.717, 1.165) is 6.07 Å². The van der Waals surface area contributed by atoms with Crippen molar-refractivity contribution < 1.29 is 19.1 Å². The smallest absolute Gasteiger partial charge is 0.312 e. The van der Waals surface area contributed by atoms with Gasteiger partial charge in [-0.3, -0.25) is 4.79 Å². The number of amides is 3. The molecular weight excluding hydrogens is 277 g/mol. The average Bonchev–Trinajstić information content (AvgIpc) is 2.45. The minimum Gasteiger partial charge on any atom is -0.395 e. The van der Waals surface area contributed by atoms with Crippen LogP contribution in [0.4, 0.5) is 9.18 Å². The highest BCUT2D eigenvalue weighted by molar-refractivity contribution is 5.96. The van der Waals surface area contributed by atoms with Gasteiger partial charge in [0.15, 0.2) is 0 Å². The largest absolute Gasteiger partial charge is 0.395 e. The number of benzene rings is 1. The number of primary amides is 1. The maximum atomic E-state index is 13.2. The molecule has 1 rings (SSSR count). The van der Waals surface area contributed by atoms with Gasteiger partial charge in [-0.05, 0) is 18.2 Å². The zero-order valence-corrected chi connectivity index (χ0v) is 11.3. The lowest BCUT2D eigenvalue weighted by atomic mass is 10.1. The molecule has 0 aromatic heterocycles. The fourth-order valence-electron chi connectivity index (χ4n) is 1.48. The molecule has 0 unspecified atom stereocenters. The summed E-state index contributed by atoms with van der Waals surface area (Å²) in [6.45, 7) is 0.234. The second kappa shape index (κ2) is 8.55. The Morgan fingerprint density at radius 2 is 2.00 bits per heavy atom. The second-order valence-corrected chi connectivity index (χ2v) is 4.01. The van der Waals surface area contributed by atoms with Crippen LogP contribution in [0, 0.1) is 17.7 Å². The molecule has 3 amide bonds. The van der Waals surface area contributed by atoms with Gasteiger partial charge in [0, 0.05) is 25.1 Å². The molecule has 0 radical (unpaired) electrons. The summed E-state index contributed by atoms with van der Waals surface area (Å²) in [5, 5.41) is 13.5. The number of aliphatic hydroxyl groups is 1. The third-order valence-corrected chi connectivity index (χ3v) is 2.40. The lowest BCUT2D eigenvalue weighted by molar-refractivity contribution is 0.0953. The molecule has 1 aromatic rings. The van der Waals surface area contributed by atoms with Gasteiger partial charge in [0.25, 0.3) is 5.91 Å². The maximum absolute atomic E-state index is 13.2. The standard InChI is InChI=1S/C14H16FN3O3/c15-11-5-4-10(3-1-2-8-19)12(9-11)13(20)17-6-7-18-14(16)21/h4-5,9,19H,2,6-8H2,(H,17,20)(H3,16,18,21). The van der Waals surface area contributed by atoms with E-state index in [1.807, 2.05) is 0 Å². The molecule has 0 aliphatic heterocycles. The van der Waals surface area contributed by atoms with Gasteiger partial charge in [-0.2, -0.15) is 0 Å². The lowest BCUT2D eigenvalue weighted by Crippen LogP contribution is -2.37. The van der Waals surface area contributed by atoms with Gasteiger partial charge in [-0.15, -0.1) is 0 Å². The Hall–Kier alpha value is -2.59. The Balaban J connectivity index is 2.75. The minimum absolute atomic E-state index is 0.0888. The van der Waals surface area contributed by atoms with Crippen LogP contribution in [-0.2, 0) is 0 Å². The first kappa shape index (κ1) is 16.5. The molecular formula is C14H16FN3O3. The molecule has 5 N–H and O–H groups in total. The van der Waals surface area contributed by atoms with Crippen molar-refractivity contribution in [2.45, 2.75) is 6.42 Å². The lowest BCUT2D eigenvalue weighted by Gasteiger charge is -2.07. The first-order valence-electron chi connectivity index (χ1n) is 6.25. The zero-order chi connectivity index (χ0) is 15.7. The van der Waals surface area contributed by atoms with Crippen LogP contribution in [0.1, 0.15) is 22.3 Å². The van der Waals surface area contributed by atoms with Gasteiger partial charge in [0.1, 0.15) is 5.82 Å². The zero-order valence-electron chi connectivity index (χ0n) is 11.3. The fourth-order valence-corrected chi connectivity index (χ4v) is 1.48. The predicted octanol–water partition coefficient (Wildman–Crippen LogP) is -0.0423. The first-order chi connectivity index (χ1) is 10.0. The van der Waals surface area contributed by atoms with Crippen molar-refractivity contribution in [2.24, 2.45) is 5.73 Å². The number of aliphatic hydroxyl groups excluding tert-OH is 1. The Bertz CT molecular complexity index is 579. The van der Waals surface area contributed by atoms with E-state index in [4.69, 9.17) is 10.8 Å². The molecule has 1 aromatic carbocycles. The summed E-state index contributed by atoms with van der Waals surface area (Å²) in [6.07, 6.45) is 0.265. The first-order valence-corrected chi connectivity index (χ1v) is 6.25. The molecule has 0 aliphatic carbocycles. The molecule has 0 heterocycles. The number of carbonyl (C=O) groups excluding carboxylic acids is 2. The van der Waals surface area contributed by atoms with E-state index in [1.165, 1.54) is 12.1 Å². The van der Waals surface area contributed by atoms with Crippen molar-refractivity contribution in [2.75, 3.05) is 19.7 Å². The summed E-state index contributed by atoms with van der Waals surface area (Å²) in [5.41, 5.74) is 5.34. The van der Waals surface area contributed by atoms with Crippen LogP contribution in [0.15, 0.2) is 18.2 Å². The summed E-state index contributed by atoms with van der Waals surface area (Å²) in [6, 6.07) is 3.00. The normalized spacial score (nSPS) is 9.43. The van der Waals surface area contributed by atoms with Gasteiger partial charge in [0.2, 0.25) is 0 Å². The van der Waals surface area contributed by atoms with Crippen LogP contribution >= 0.6 is 0 Å². The summed E-state index contributed by atoms with van der Waals surface area (Å²) < 4.78 is 13.2. The highest BCUT2D eigenvalue weighted by atomic mass is 19.1. The molecule has 0 saturated carbocycles. The van der Waals surface area contributed by atoms with Crippen LogP contribution in [-0.4, -0.2) is 36.7 Å². The number of urea groups is 1. The SMILES string of the molecule is NC(=O)NCCNC(=O)c1cc(F)ccc1C#CCCO.